The minimum Gasteiger partial charge on any atom is -0.594 e. The Morgan fingerprint density at radius 2 is 2.29 bits per heavy atom. The Labute approximate surface area is 82.2 Å². The zero-order valence-corrected chi connectivity index (χ0v) is 8.43. The molecule has 1 unspecified atom stereocenters. The SMILES string of the molecule is CN(C)/C=C/c1c([NH+]([O-])O)ncn1C. The molecule has 0 saturated heterocycles. The lowest BCUT2D eigenvalue weighted by Gasteiger charge is -2.10. The van der Waals surface area contributed by atoms with Crippen molar-refractivity contribution in [2.24, 2.45) is 7.05 Å². The molecule has 78 valence electrons. The topological polar surface area (TPSA) is 68.8 Å². The van der Waals surface area contributed by atoms with Gasteiger partial charge in [0.15, 0.2) is 0 Å². The number of hydrogen-bond donors (Lipinski definition) is 2. The van der Waals surface area contributed by atoms with Crippen molar-refractivity contribution in [3.63, 3.8) is 0 Å². The zero-order chi connectivity index (χ0) is 10.7. The van der Waals surface area contributed by atoms with Crippen LogP contribution in [0, 0.1) is 5.21 Å². The van der Waals surface area contributed by atoms with Crippen LogP contribution in [0.1, 0.15) is 5.69 Å². The van der Waals surface area contributed by atoms with E-state index in [1.54, 1.807) is 23.9 Å². The van der Waals surface area contributed by atoms with Gasteiger partial charge in [0.2, 0.25) is 0 Å². The first-order valence-electron chi connectivity index (χ1n) is 4.11. The third kappa shape index (κ3) is 2.32. The van der Waals surface area contributed by atoms with Gasteiger partial charge < -0.3 is 14.7 Å². The van der Waals surface area contributed by atoms with Crippen molar-refractivity contribution in [2.75, 3.05) is 14.1 Å². The standard InChI is InChI=1S/C8H14N4O2/c1-10(2)5-4-7-8(12(13)14)9-6-11(7)3/h4-6,12-13H,1-3H3/b5-4+. The van der Waals surface area contributed by atoms with Gasteiger partial charge in [-0.15, -0.1) is 0 Å². The van der Waals surface area contributed by atoms with E-state index in [4.69, 9.17) is 5.21 Å². The van der Waals surface area contributed by atoms with Crippen LogP contribution in [0.2, 0.25) is 0 Å². The van der Waals surface area contributed by atoms with Crippen molar-refractivity contribution in [2.45, 2.75) is 0 Å². The third-order valence-corrected chi connectivity index (χ3v) is 1.72. The lowest BCUT2D eigenvalue weighted by molar-refractivity contribution is -0.993. The normalized spacial score (nSPS) is 13.5. The smallest absolute Gasteiger partial charge is 0.284 e. The number of aromatic nitrogens is 2. The van der Waals surface area contributed by atoms with E-state index in [9.17, 15) is 5.21 Å². The molecule has 0 fully saturated rings. The van der Waals surface area contributed by atoms with E-state index in [0.29, 0.717) is 5.69 Å². The molecule has 1 heterocycles. The van der Waals surface area contributed by atoms with Crippen LogP contribution in [0.25, 0.3) is 6.08 Å². The molecular formula is C8H14N4O2. The maximum absolute atomic E-state index is 10.8. The fraction of sp³-hybridized carbons (Fsp3) is 0.375. The second-order valence-electron chi connectivity index (χ2n) is 3.17. The molecule has 0 radical (unpaired) electrons. The quantitative estimate of drug-likeness (QED) is 0.634. The Kier molecular flexibility index (Phi) is 3.23. The Morgan fingerprint density at radius 3 is 2.79 bits per heavy atom. The lowest BCUT2D eigenvalue weighted by Crippen LogP contribution is -2.99. The van der Waals surface area contributed by atoms with Crippen LogP contribution in [0.15, 0.2) is 12.5 Å². The Morgan fingerprint density at radius 1 is 1.64 bits per heavy atom. The molecule has 14 heavy (non-hydrogen) atoms. The molecule has 6 nitrogen and oxygen atoms in total. The Balaban J connectivity index is 2.99. The summed E-state index contributed by atoms with van der Waals surface area (Å²) in [5, 5.41) is 18.6. The summed E-state index contributed by atoms with van der Waals surface area (Å²) >= 11 is 0. The number of nitrogens with one attached hydrogen (secondary N) is 1. The average Bonchev–Trinajstić information content (AvgIpc) is 2.43. The summed E-state index contributed by atoms with van der Waals surface area (Å²) in [6.45, 7) is 0. The highest BCUT2D eigenvalue weighted by Gasteiger charge is 2.11. The van der Waals surface area contributed by atoms with E-state index in [1.807, 2.05) is 19.0 Å². The Bertz CT molecular complexity index is 330. The van der Waals surface area contributed by atoms with Crippen LogP contribution in [0.4, 0.5) is 5.82 Å². The molecule has 1 rings (SSSR count). The zero-order valence-electron chi connectivity index (χ0n) is 8.43. The first-order valence-corrected chi connectivity index (χ1v) is 4.11. The van der Waals surface area contributed by atoms with Gasteiger partial charge in [0.25, 0.3) is 5.82 Å². The summed E-state index contributed by atoms with van der Waals surface area (Å²) in [6.07, 6.45) is 4.98. The van der Waals surface area contributed by atoms with E-state index in [1.165, 1.54) is 6.33 Å². The molecule has 0 spiro atoms. The molecule has 1 atom stereocenters. The molecule has 2 N–H and O–H groups in total. The van der Waals surface area contributed by atoms with E-state index in [0.717, 1.165) is 0 Å². The molecule has 0 bridgehead atoms. The van der Waals surface area contributed by atoms with Gasteiger partial charge >= 0.3 is 0 Å². The first kappa shape index (κ1) is 10.7. The highest BCUT2D eigenvalue weighted by atomic mass is 16.8. The van der Waals surface area contributed by atoms with Crippen LogP contribution < -0.4 is 5.23 Å². The summed E-state index contributed by atoms with van der Waals surface area (Å²) < 4.78 is 1.67. The fourth-order valence-corrected chi connectivity index (χ4v) is 1.02. The van der Waals surface area contributed by atoms with Crippen LogP contribution in [0.5, 0.6) is 0 Å². The van der Waals surface area contributed by atoms with Crippen molar-refractivity contribution >= 4 is 11.9 Å². The summed E-state index contributed by atoms with van der Waals surface area (Å²) in [5.41, 5.74) is 0.589. The van der Waals surface area contributed by atoms with Gasteiger partial charge in [-0.2, -0.15) is 10.2 Å². The number of imidazole rings is 1. The summed E-state index contributed by atoms with van der Waals surface area (Å²) in [4.78, 5) is 5.62. The number of rotatable bonds is 3. The minimum atomic E-state index is -1.01. The van der Waals surface area contributed by atoms with Gasteiger partial charge in [-0.25, -0.2) is 5.21 Å². The number of nitrogens with zero attached hydrogens (tertiary/aromatic N) is 3. The molecule has 0 aliphatic carbocycles. The molecule has 1 aromatic heterocycles. The molecule has 0 aromatic carbocycles. The molecule has 0 aliphatic heterocycles. The first-order chi connectivity index (χ1) is 6.52. The molecule has 0 amide bonds. The van der Waals surface area contributed by atoms with Gasteiger partial charge in [0.05, 0.1) is 0 Å². The molecule has 0 saturated carbocycles. The van der Waals surface area contributed by atoms with Gasteiger partial charge in [0.1, 0.15) is 12.0 Å². The van der Waals surface area contributed by atoms with Crippen LogP contribution in [0.3, 0.4) is 0 Å². The highest BCUT2D eigenvalue weighted by molar-refractivity contribution is 5.53. The van der Waals surface area contributed by atoms with Gasteiger partial charge in [-0.05, 0) is 6.08 Å². The maximum Gasteiger partial charge on any atom is 0.284 e. The van der Waals surface area contributed by atoms with Gasteiger partial charge in [0, 0.05) is 27.3 Å². The largest absolute Gasteiger partial charge is 0.594 e. The fourth-order valence-electron chi connectivity index (χ4n) is 1.02. The van der Waals surface area contributed by atoms with E-state index in [2.05, 4.69) is 4.98 Å². The predicted octanol–water partition coefficient (Wildman–Crippen LogP) is -0.644. The Hall–Kier alpha value is -1.37. The summed E-state index contributed by atoms with van der Waals surface area (Å²) in [7, 11) is 5.50. The van der Waals surface area contributed by atoms with Crippen molar-refractivity contribution in [1.82, 2.24) is 14.5 Å². The van der Waals surface area contributed by atoms with Crippen LogP contribution in [-0.4, -0.2) is 33.8 Å². The molecule has 6 heteroatoms. The van der Waals surface area contributed by atoms with Crippen molar-refractivity contribution < 1.29 is 10.4 Å². The van der Waals surface area contributed by atoms with Crippen molar-refractivity contribution in [3.8, 4) is 0 Å². The molecular weight excluding hydrogens is 184 g/mol. The minimum absolute atomic E-state index is 0.0746. The second-order valence-corrected chi connectivity index (χ2v) is 3.17. The van der Waals surface area contributed by atoms with E-state index in [-0.39, 0.29) is 5.82 Å². The van der Waals surface area contributed by atoms with E-state index < -0.39 is 5.23 Å². The average molecular weight is 198 g/mol. The predicted molar refractivity (Wildman–Crippen MR) is 51.7 cm³/mol. The lowest BCUT2D eigenvalue weighted by atomic mass is 10.4. The van der Waals surface area contributed by atoms with Gasteiger partial charge in [-0.3, -0.25) is 0 Å². The monoisotopic (exact) mass is 198 g/mol. The molecule has 0 aliphatic rings. The van der Waals surface area contributed by atoms with Crippen LogP contribution >= 0.6 is 0 Å². The summed E-state index contributed by atoms with van der Waals surface area (Å²) in [5.74, 6) is 0.0746. The van der Waals surface area contributed by atoms with E-state index >= 15 is 0 Å². The summed E-state index contributed by atoms with van der Waals surface area (Å²) in [6, 6.07) is 0. The van der Waals surface area contributed by atoms with Crippen molar-refractivity contribution in [3.05, 3.63) is 23.4 Å². The van der Waals surface area contributed by atoms with Gasteiger partial charge in [-0.1, -0.05) is 0 Å². The third-order valence-electron chi connectivity index (χ3n) is 1.72. The van der Waals surface area contributed by atoms with Crippen LogP contribution in [-0.2, 0) is 7.05 Å². The number of hydrogen-bond acceptors (Lipinski definition) is 4. The number of quaternary nitrogens is 1. The van der Waals surface area contributed by atoms with Crippen molar-refractivity contribution in [1.29, 1.82) is 0 Å². The molecule has 1 aromatic rings. The second kappa shape index (κ2) is 4.23. The number of aryl methyl sites for hydroxylation is 1. The highest BCUT2D eigenvalue weighted by Crippen LogP contribution is 2.09. The maximum atomic E-state index is 10.8.